The van der Waals surface area contributed by atoms with E-state index in [-0.39, 0.29) is 14.9 Å². The lowest BCUT2D eigenvalue weighted by atomic mass is 10.4. The summed E-state index contributed by atoms with van der Waals surface area (Å²) in [7, 11) is -9.90. The summed E-state index contributed by atoms with van der Waals surface area (Å²) >= 11 is 0. The number of halogens is 6. The molecule has 0 spiro atoms. The Balaban J connectivity index is -0.000000633. The number of azide groups is 1. The van der Waals surface area contributed by atoms with Gasteiger partial charge in [0.05, 0.1) is 27.4 Å². The van der Waals surface area contributed by atoms with E-state index in [1.807, 2.05) is 11.0 Å². The molecule has 1 unspecified atom stereocenters. The first kappa shape index (κ1) is 42.4. The Bertz CT molecular complexity index is 1430. The summed E-state index contributed by atoms with van der Waals surface area (Å²) in [5.74, 6) is 0.699. The molecule has 0 bridgehead atoms. The number of fused-ring (bicyclic) bond motifs is 1. The predicted molar refractivity (Wildman–Crippen MR) is 127 cm³/mol. The zero-order valence-corrected chi connectivity index (χ0v) is 21.4. The monoisotopic (exact) mass is 662 g/mol. The molecule has 2 heterocycles. The zero-order chi connectivity index (χ0) is 31.4. The predicted octanol–water partition coefficient (Wildman–Crippen LogP) is 1.73. The number of hydrogen-bond acceptors (Lipinski definition) is 11. The van der Waals surface area contributed by atoms with Gasteiger partial charge in [-0.05, 0) is 17.9 Å². The van der Waals surface area contributed by atoms with Gasteiger partial charge in [0.1, 0.15) is 11.8 Å². The van der Waals surface area contributed by atoms with Crippen molar-refractivity contribution in [2.45, 2.75) is 32.0 Å². The summed E-state index contributed by atoms with van der Waals surface area (Å²) in [5, 5.41) is 6.52. The van der Waals surface area contributed by atoms with Crippen molar-refractivity contribution in [1.29, 1.82) is 0 Å². The Labute approximate surface area is 234 Å². The lowest BCUT2D eigenvalue weighted by Crippen LogP contribution is -2.36. The molecule has 0 radical (unpaired) electrons. The minimum absolute atomic E-state index is 0. The quantitative estimate of drug-likeness (QED) is 0.0379. The highest BCUT2D eigenvalue weighted by Crippen LogP contribution is 2.27. The number of alkyl halides is 6. The second-order valence-corrected chi connectivity index (χ2v) is 9.32. The van der Waals surface area contributed by atoms with Crippen LogP contribution in [0.5, 0.6) is 0 Å². The van der Waals surface area contributed by atoms with Gasteiger partial charge in [-0.3, -0.25) is 8.37 Å². The smallest absolute Gasteiger partial charge is 0.466 e. The van der Waals surface area contributed by atoms with Crippen molar-refractivity contribution in [3.05, 3.63) is 40.8 Å². The van der Waals surface area contributed by atoms with Gasteiger partial charge in [-0.1, -0.05) is 20.0 Å². The fourth-order valence-corrected chi connectivity index (χ4v) is 2.81. The molecule has 0 aliphatic carbocycles. The van der Waals surface area contributed by atoms with Crippen molar-refractivity contribution in [1.82, 2.24) is 9.61 Å². The molecule has 0 N–H and O–H groups in total. The molecule has 0 saturated carbocycles. The number of ether oxygens (including phenoxy) is 2. The van der Waals surface area contributed by atoms with Gasteiger partial charge in [-0.15, -0.1) is 11.1 Å². The van der Waals surface area contributed by atoms with E-state index in [0.29, 0.717) is 5.69 Å². The summed E-state index contributed by atoms with van der Waals surface area (Å²) in [6, 6.07) is 1.83. The fraction of sp³-hybridized carbons (Fsp3) is 0.500. The van der Waals surface area contributed by atoms with Crippen molar-refractivity contribution in [3.8, 4) is 12.3 Å². The van der Waals surface area contributed by atoms with Crippen LogP contribution in [0.3, 0.4) is 0 Å². The topological polar surface area (TPSA) is 211 Å². The molecular formula is C18H24F6N6O10S2. The Morgan fingerprint density at radius 1 is 1.12 bits per heavy atom. The van der Waals surface area contributed by atoms with Gasteiger partial charge in [0.25, 0.3) is 0 Å². The Morgan fingerprint density at radius 3 is 2.05 bits per heavy atom. The third kappa shape index (κ3) is 13.5. The van der Waals surface area contributed by atoms with E-state index < -0.39 is 62.4 Å². The van der Waals surface area contributed by atoms with Crippen LogP contribution in [-0.4, -0.2) is 77.8 Å². The van der Waals surface area contributed by atoms with Gasteiger partial charge in [0.2, 0.25) is 0 Å². The van der Waals surface area contributed by atoms with Gasteiger partial charge in [-0.25, -0.2) is 14.1 Å². The second-order valence-electron chi connectivity index (χ2n) is 6.15. The van der Waals surface area contributed by atoms with E-state index in [4.69, 9.17) is 5.53 Å². The van der Waals surface area contributed by atoms with Crippen LogP contribution in [0.4, 0.5) is 26.3 Å². The maximum absolute atomic E-state index is 12.0. The summed E-state index contributed by atoms with van der Waals surface area (Å²) in [6.45, 7) is -3.02. The Morgan fingerprint density at radius 2 is 1.67 bits per heavy atom. The third-order valence-electron chi connectivity index (χ3n) is 3.44. The minimum Gasteiger partial charge on any atom is -0.466 e. The van der Waals surface area contributed by atoms with E-state index in [9.17, 15) is 52.8 Å². The van der Waals surface area contributed by atoms with Crippen LogP contribution >= 0.6 is 0 Å². The van der Waals surface area contributed by atoms with Gasteiger partial charge in [0.15, 0.2) is 6.20 Å². The van der Waals surface area contributed by atoms with Crippen LogP contribution in [0, 0.1) is 12.3 Å². The molecule has 0 aliphatic rings. The first-order valence-corrected chi connectivity index (χ1v) is 12.2. The van der Waals surface area contributed by atoms with Crippen LogP contribution in [0.1, 0.15) is 25.3 Å². The standard InChI is InChI=1S/C7H7N3O2.C5H5F6N3O6S2.C4H4O2.2CH4/c1-12-7(11)6-5-9-3-2-4-10(9)8-6;6-4(7,8)21(15,16)19-2-3(1-13-14-12)20-22(17,18)5(9,10)11;1-3-4(5)6-2;;/h2-5H,1H3;3H,1-2H2;1H,2H3;2*1H4. The molecule has 0 fully saturated rings. The van der Waals surface area contributed by atoms with Gasteiger partial charge in [0, 0.05) is 16.9 Å². The van der Waals surface area contributed by atoms with E-state index in [2.05, 4.69) is 34.5 Å². The first-order valence-electron chi connectivity index (χ1n) is 9.37. The van der Waals surface area contributed by atoms with Crippen molar-refractivity contribution in [2.75, 3.05) is 27.4 Å². The molecular weight excluding hydrogens is 638 g/mol. The molecule has 2 rings (SSSR count). The molecule has 42 heavy (non-hydrogen) atoms. The molecule has 2 aromatic heterocycles. The Kier molecular flexibility index (Phi) is 17.9. The molecule has 0 aromatic carbocycles. The fourth-order valence-electron chi connectivity index (χ4n) is 1.76. The number of carbonyl (C=O) groups is 2. The van der Waals surface area contributed by atoms with Crippen LogP contribution in [-0.2, 0) is 42.9 Å². The zero-order valence-electron chi connectivity index (χ0n) is 19.7. The molecule has 0 aliphatic heterocycles. The van der Waals surface area contributed by atoms with Gasteiger partial charge < -0.3 is 9.47 Å². The number of hydrogen-bond donors (Lipinski definition) is 0. The number of terminal acetylenes is 1. The lowest BCUT2D eigenvalue weighted by Gasteiger charge is -2.17. The van der Waals surface area contributed by atoms with Crippen molar-refractivity contribution < 1.29 is 75.2 Å². The second kappa shape index (κ2) is 17.7. The van der Waals surface area contributed by atoms with E-state index in [1.54, 1.807) is 33.7 Å². The summed E-state index contributed by atoms with van der Waals surface area (Å²) < 4.78 is 133. The molecule has 2 aromatic rings. The van der Waals surface area contributed by atoms with Crippen LogP contribution in [0.15, 0.2) is 29.8 Å². The number of nitrogens with zero attached hydrogens (tertiary/aromatic N) is 6. The van der Waals surface area contributed by atoms with Crippen molar-refractivity contribution in [3.63, 3.8) is 0 Å². The van der Waals surface area contributed by atoms with Gasteiger partial charge in [-0.2, -0.15) is 48.3 Å². The number of esters is 2. The van der Waals surface area contributed by atoms with Gasteiger partial charge >= 0.3 is 43.2 Å². The molecule has 240 valence electrons. The van der Waals surface area contributed by atoms with Crippen LogP contribution < -0.4 is 9.73 Å². The van der Waals surface area contributed by atoms with E-state index in [1.165, 1.54) is 14.2 Å². The summed E-state index contributed by atoms with van der Waals surface area (Å²) in [6.07, 6.45) is 7.25. The normalized spacial score (nSPS) is 11.8. The van der Waals surface area contributed by atoms with E-state index in [0.717, 1.165) is 0 Å². The lowest BCUT2D eigenvalue weighted by molar-refractivity contribution is -0.677. The van der Waals surface area contributed by atoms with Crippen LogP contribution in [0.2, 0.25) is 0 Å². The molecule has 16 nitrogen and oxygen atoms in total. The highest BCUT2D eigenvalue weighted by atomic mass is 32.2. The first-order chi connectivity index (χ1) is 18.3. The third-order valence-corrected chi connectivity index (χ3v) is 5.55. The van der Waals surface area contributed by atoms with Crippen molar-refractivity contribution >= 4 is 32.2 Å². The molecule has 24 heteroatoms. The molecule has 0 saturated heterocycles. The largest absolute Gasteiger partial charge is 0.523 e. The minimum atomic E-state index is -6.27. The van der Waals surface area contributed by atoms with E-state index >= 15 is 0 Å². The van der Waals surface area contributed by atoms with Crippen molar-refractivity contribution in [2.24, 2.45) is 5.11 Å². The average molecular weight is 663 g/mol. The summed E-state index contributed by atoms with van der Waals surface area (Å²) in [5.41, 5.74) is -3.59. The number of aromatic nitrogens is 3. The maximum atomic E-state index is 12.0. The Hall–Kier alpha value is -4.04. The van der Waals surface area contributed by atoms with Crippen LogP contribution in [0.25, 0.3) is 10.4 Å². The number of rotatable bonds is 8. The average Bonchev–Trinajstić information content (AvgIpc) is 3.46. The highest BCUT2D eigenvalue weighted by molar-refractivity contribution is 7.88. The maximum Gasteiger partial charge on any atom is 0.523 e. The number of methoxy groups -OCH3 is 2. The SMILES string of the molecule is C.C.C#CC(=O)OC.COC(=O)c1cn2ccc[n+]2[n-]1.[N-]=[N+]=NCC(COS(=O)(=O)C(F)(F)F)OS(=O)(=O)C(F)(F)F. The number of carbonyl (C=O) groups excluding carboxylic acids is 2. The molecule has 1 atom stereocenters. The highest BCUT2D eigenvalue weighted by Gasteiger charge is 2.50. The summed E-state index contributed by atoms with van der Waals surface area (Å²) in [4.78, 5) is 22.7. The molecule has 0 amide bonds.